The van der Waals surface area contributed by atoms with Crippen molar-refractivity contribution >= 4 is 46.7 Å². The Morgan fingerprint density at radius 3 is 2.77 bits per heavy atom. The fourth-order valence-corrected chi connectivity index (χ4v) is 4.40. The van der Waals surface area contributed by atoms with Gasteiger partial charge in [-0.1, -0.05) is 47.6 Å². The summed E-state index contributed by atoms with van der Waals surface area (Å²) >= 11 is 9.02. The van der Waals surface area contributed by atoms with Crippen LogP contribution in [0.1, 0.15) is 5.82 Å². The smallest absolute Gasteiger partial charge is 0.234 e. The molecule has 0 aliphatic heterocycles. The van der Waals surface area contributed by atoms with Crippen LogP contribution in [0.25, 0.3) is 0 Å². The van der Waals surface area contributed by atoms with Gasteiger partial charge in [-0.3, -0.25) is 4.79 Å². The first-order valence-corrected chi connectivity index (χ1v) is 11.4. The van der Waals surface area contributed by atoms with Crippen molar-refractivity contribution in [2.45, 2.75) is 22.3 Å². The number of rotatable bonds is 10. The van der Waals surface area contributed by atoms with E-state index in [0.717, 1.165) is 10.7 Å². The molecule has 3 rings (SSSR count). The lowest BCUT2D eigenvalue weighted by Crippen LogP contribution is -2.15. The van der Waals surface area contributed by atoms with Gasteiger partial charge in [-0.25, -0.2) is 0 Å². The minimum Gasteiger partial charge on any atom is -0.495 e. The number of nitrogens with one attached hydrogen (secondary N) is 1. The minimum absolute atomic E-state index is 0.177. The SMILES string of the molecule is C=CCn1c(CSc2ccccc2)nnc1SCC(=O)Nc1cc(Cl)ccc1OC. The number of hydrogen-bond donors (Lipinski definition) is 1. The quantitative estimate of drug-likeness (QED) is 0.333. The van der Waals surface area contributed by atoms with Crippen LogP contribution in [0.3, 0.4) is 0 Å². The molecule has 1 heterocycles. The van der Waals surface area contributed by atoms with Crippen molar-refractivity contribution in [2.24, 2.45) is 0 Å². The number of carbonyl (C=O) groups is 1. The number of amides is 1. The summed E-state index contributed by atoms with van der Waals surface area (Å²) < 4.78 is 7.23. The normalized spacial score (nSPS) is 10.6. The summed E-state index contributed by atoms with van der Waals surface area (Å²) in [6.45, 7) is 4.39. The van der Waals surface area contributed by atoms with Gasteiger partial charge in [-0.15, -0.1) is 28.5 Å². The van der Waals surface area contributed by atoms with E-state index in [1.807, 2.05) is 22.8 Å². The fourth-order valence-electron chi connectivity index (χ4n) is 2.60. The predicted molar refractivity (Wildman–Crippen MR) is 124 cm³/mol. The van der Waals surface area contributed by atoms with Crippen LogP contribution < -0.4 is 10.1 Å². The van der Waals surface area contributed by atoms with E-state index in [4.69, 9.17) is 16.3 Å². The average Bonchev–Trinajstić information content (AvgIpc) is 3.13. The Morgan fingerprint density at radius 2 is 2.03 bits per heavy atom. The molecule has 6 nitrogen and oxygen atoms in total. The number of benzene rings is 2. The monoisotopic (exact) mass is 460 g/mol. The molecule has 0 saturated heterocycles. The van der Waals surface area contributed by atoms with Crippen LogP contribution in [-0.4, -0.2) is 33.5 Å². The molecule has 1 N–H and O–H groups in total. The molecule has 156 valence electrons. The highest BCUT2D eigenvalue weighted by atomic mass is 35.5. The van der Waals surface area contributed by atoms with Crippen molar-refractivity contribution in [3.8, 4) is 5.75 Å². The lowest BCUT2D eigenvalue weighted by Gasteiger charge is -2.11. The van der Waals surface area contributed by atoms with Gasteiger partial charge in [0.1, 0.15) is 11.6 Å². The Hall–Kier alpha value is -2.42. The zero-order chi connectivity index (χ0) is 21.3. The van der Waals surface area contributed by atoms with Gasteiger partial charge in [0.05, 0.1) is 24.3 Å². The Morgan fingerprint density at radius 1 is 1.23 bits per heavy atom. The minimum atomic E-state index is -0.186. The van der Waals surface area contributed by atoms with Crippen LogP contribution in [-0.2, 0) is 17.1 Å². The molecule has 9 heteroatoms. The lowest BCUT2D eigenvalue weighted by molar-refractivity contribution is -0.113. The van der Waals surface area contributed by atoms with Crippen LogP contribution >= 0.6 is 35.1 Å². The summed E-state index contributed by atoms with van der Waals surface area (Å²) in [7, 11) is 1.54. The highest BCUT2D eigenvalue weighted by Crippen LogP contribution is 2.28. The van der Waals surface area contributed by atoms with Gasteiger partial charge in [-0.2, -0.15) is 0 Å². The number of allylic oxidation sites excluding steroid dienone is 1. The number of hydrogen-bond acceptors (Lipinski definition) is 6. The van der Waals surface area contributed by atoms with Gasteiger partial charge >= 0.3 is 0 Å². The molecule has 2 aromatic carbocycles. The van der Waals surface area contributed by atoms with Crippen molar-refractivity contribution in [1.29, 1.82) is 0 Å². The highest BCUT2D eigenvalue weighted by molar-refractivity contribution is 7.99. The Kier molecular flexibility index (Phi) is 8.24. The zero-order valence-electron chi connectivity index (χ0n) is 16.4. The average molecular weight is 461 g/mol. The molecular weight excluding hydrogens is 440 g/mol. The third-order valence-electron chi connectivity index (χ3n) is 3.98. The number of anilines is 1. The lowest BCUT2D eigenvalue weighted by atomic mass is 10.3. The molecule has 30 heavy (non-hydrogen) atoms. The second kappa shape index (κ2) is 11.1. The molecule has 0 aliphatic rings. The number of methoxy groups -OCH3 is 1. The van der Waals surface area contributed by atoms with Gasteiger partial charge in [0.15, 0.2) is 5.16 Å². The number of thioether (sulfide) groups is 2. The van der Waals surface area contributed by atoms with E-state index in [-0.39, 0.29) is 11.7 Å². The summed E-state index contributed by atoms with van der Waals surface area (Å²) in [6, 6.07) is 15.2. The molecule has 0 radical (unpaired) electrons. The number of halogens is 1. The first-order valence-electron chi connectivity index (χ1n) is 9.07. The Bertz CT molecular complexity index is 1010. The van der Waals surface area contributed by atoms with E-state index >= 15 is 0 Å². The van der Waals surface area contributed by atoms with Crippen LogP contribution in [0.15, 0.2) is 71.2 Å². The van der Waals surface area contributed by atoms with E-state index in [1.54, 1.807) is 43.1 Å². The molecule has 0 unspecified atom stereocenters. The predicted octanol–water partition coefficient (Wildman–Crippen LogP) is 5.15. The molecule has 1 aromatic heterocycles. The molecular formula is C21H21ClN4O2S2. The van der Waals surface area contributed by atoms with Crippen LogP contribution in [0.4, 0.5) is 5.69 Å². The maximum Gasteiger partial charge on any atom is 0.234 e. The van der Waals surface area contributed by atoms with Crippen molar-refractivity contribution in [3.63, 3.8) is 0 Å². The van der Waals surface area contributed by atoms with Gasteiger partial charge < -0.3 is 14.6 Å². The zero-order valence-corrected chi connectivity index (χ0v) is 18.8. The summed E-state index contributed by atoms with van der Waals surface area (Å²) in [5, 5.41) is 12.6. The molecule has 0 bridgehead atoms. The molecule has 0 fully saturated rings. The number of nitrogens with zero attached hydrogens (tertiary/aromatic N) is 3. The number of aromatic nitrogens is 3. The van der Waals surface area contributed by atoms with E-state index < -0.39 is 0 Å². The van der Waals surface area contributed by atoms with Gasteiger partial charge in [0.2, 0.25) is 5.91 Å². The summed E-state index contributed by atoms with van der Waals surface area (Å²) in [5.41, 5.74) is 0.531. The maximum absolute atomic E-state index is 12.4. The standard InChI is InChI=1S/C21H21ClN4O2S2/c1-3-11-26-19(13-29-16-7-5-4-6-8-16)24-25-21(26)30-14-20(27)23-17-12-15(22)9-10-18(17)28-2/h3-10,12H,1,11,13-14H2,2H3,(H,23,27). The fraction of sp³-hybridized carbons (Fsp3) is 0.190. The van der Waals surface area contributed by atoms with E-state index in [9.17, 15) is 4.79 Å². The van der Waals surface area contributed by atoms with Crippen molar-refractivity contribution < 1.29 is 9.53 Å². The molecule has 1 amide bonds. The van der Waals surface area contributed by atoms with Crippen LogP contribution in [0, 0.1) is 0 Å². The van der Waals surface area contributed by atoms with Crippen LogP contribution in [0.5, 0.6) is 5.75 Å². The van der Waals surface area contributed by atoms with Gasteiger partial charge in [0.25, 0.3) is 0 Å². The first-order chi connectivity index (χ1) is 14.6. The molecule has 0 spiro atoms. The third kappa shape index (κ3) is 6.04. The number of carbonyl (C=O) groups excluding carboxylic acids is 1. The topological polar surface area (TPSA) is 69.0 Å². The van der Waals surface area contributed by atoms with Crippen molar-refractivity contribution in [1.82, 2.24) is 14.8 Å². The largest absolute Gasteiger partial charge is 0.495 e. The Labute approximate surface area is 189 Å². The second-order valence-corrected chi connectivity index (χ2v) is 8.51. The highest BCUT2D eigenvalue weighted by Gasteiger charge is 2.15. The van der Waals surface area contributed by atoms with Gasteiger partial charge in [0, 0.05) is 16.5 Å². The molecule has 0 atom stereocenters. The Balaban J connectivity index is 1.63. The van der Waals surface area contributed by atoms with Crippen molar-refractivity contribution in [2.75, 3.05) is 18.2 Å². The van der Waals surface area contributed by atoms with E-state index in [2.05, 4.69) is 34.2 Å². The van der Waals surface area contributed by atoms with Crippen molar-refractivity contribution in [3.05, 3.63) is 72.0 Å². The summed E-state index contributed by atoms with van der Waals surface area (Å²) in [6.07, 6.45) is 1.79. The third-order valence-corrected chi connectivity index (χ3v) is 6.19. The first kappa shape index (κ1) is 22.3. The van der Waals surface area contributed by atoms with E-state index in [0.29, 0.717) is 33.9 Å². The summed E-state index contributed by atoms with van der Waals surface area (Å²) in [5.74, 6) is 2.05. The summed E-state index contributed by atoms with van der Waals surface area (Å²) in [4.78, 5) is 13.6. The second-order valence-electron chi connectivity index (χ2n) is 6.08. The molecule has 3 aromatic rings. The maximum atomic E-state index is 12.4. The molecule has 0 saturated carbocycles. The van der Waals surface area contributed by atoms with Crippen LogP contribution in [0.2, 0.25) is 5.02 Å². The van der Waals surface area contributed by atoms with E-state index in [1.165, 1.54) is 11.8 Å². The number of ether oxygens (including phenoxy) is 1. The van der Waals surface area contributed by atoms with Gasteiger partial charge in [-0.05, 0) is 30.3 Å². The molecule has 0 aliphatic carbocycles.